The topological polar surface area (TPSA) is 83.6 Å². The molecule has 0 aromatic rings. The lowest BCUT2D eigenvalue weighted by Gasteiger charge is -2.32. The number of amides is 1. The lowest BCUT2D eigenvalue weighted by atomic mass is 10.2. The van der Waals surface area contributed by atoms with E-state index in [0.29, 0.717) is 0 Å². The molecule has 0 aromatic carbocycles. The molecule has 5 nitrogen and oxygen atoms in total. The average molecular weight is 150 g/mol. The Hall–Kier alpha value is -0.380. The van der Waals surface area contributed by atoms with E-state index >= 15 is 0 Å². The van der Waals surface area contributed by atoms with Gasteiger partial charge in [-0.05, 0) is 0 Å². The first kappa shape index (κ1) is 6.74. The van der Waals surface area contributed by atoms with E-state index in [1.54, 1.807) is 0 Å². The number of β-lactam (4-membered cyclic amide) rings is 1. The van der Waals surface area contributed by atoms with Gasteiger partial charge in [0.25, 0.3) is 8.18 Å². The molecule has 3 N–H and O–H groups in total. The predicted molar refractivity (Wildman–Crippen MR) is 30.9 cm³/mol. The third-order valence-electron chi connectivity index (χ3n) is 1.19. The van der Waals surface area contributed by atoms with Gasteiger partial charge in [0, 0.05) is 0 Å². The van der Waals surface area contributed by atoms with Crippen LogP contribution in [0.25, 0.3) is 0 Å². The quantitative estimate of drug-likeness (QED) is 0.353. The highest BCUT2D eigenvalue weighted by molar-refractivity contribution is 7.36. The Morgan fingerprint density at radius 3 is 2.56 bits per heavy atom. The number of nitrogens with two attached hydrogens (primary N) is 1. The number of hydrogen-bond acceptors (Lipinski definition) is 3. The fourth-order valence-corrected chi connectivity index (χ4v) is 1.33. The van der Waals surface area contributed by atoms with Crippen molar-refractivity contribution in [2.75, 3.05) is 6.54 Å². The molecule has 2 atom stereocenters. The highest BCUT2D eigenvalue weighted by Gasteiger charge is 2.36. The van der Waals surface area contributed by atoms with Crippen LogP contribution in [-0.2, 0) is 9.36 Å². The molecule has 0 aromatic heterocycles. The molecule has 0 radical (unpaired) electrons. The Kier molecular flexibility index (Phi) is 1.57. The molecule has 1 fully saturated rings. The first-order valence-corrected chi connectivity index (χ1v) is 3.73. The second kappa shape index (κ2) is 2.10. The van der Waals surface area contributed by atoms with Gasteiger partial charge in [-0.1, -0.05) is 0 Å². The summed E-state index contributed by atoms with van der Waals surface area (Å²) in [5.74, 6) is -0.429. The van der Waals surface area contributed by atoms with E-state index in [4.69, 9.17) is 10.6 Å². The van der Waals surface area contributed by atoms with Gasteiger partial charge in [0.15, 0.2) is 0 Å². The predicted octanol–water partition coefficient (Wildman–Crippen LogP) is -1.46. The van der Waals surface area contributed by atoms with Gasteiger partial charge in [0.05, 0.1) is 6.54 Å². The largest absolute Gasteiger partial charge is 0.331 e. The third-order valence-corrected chi connectivity index (χ3v) is 2.06. The summed E-state index contributed by atoms with van der Waals surface area (Å²) in [6.45, 7) is 0.215. The zero-order valence-corrected chi connectivity index (χ0v) is 5.57. The minimum atomic E-state index is -2.80. The maximum Gasteiger partial charge on any atom is 0.284 e. The zero-order valence-electron chi connectivity index (χ0n) is 4.57. The van der Waals surface area contributed by atoms with Crippen LogP contribution in [-0.4, -0.2) is 28.1 Å². The molecule has 1 aliphatic rings. The highest BCUT2D eigenvalue weighted by atomic mass is 31.1. The number of carbonyl (C=O) groups excluding carboxylic acids is 1. The SMILES string of the molecule is N[C@H]1CN([PH](=O)O)C1=O. The fraction of sp³-hybridized carbons (Fsp3) is 0.667. The molecular formula is C3H7N2O3P. The summed E-state index contributed by atoms with van der Waals surface area (Å²) in [6.07, 6.45) is 0. The number of rotatable bonds is 1. The van der Waals surface area contributed by atoms with E-state index in [0.717, 1.165) is 4.67 Å². The Bertz CT molecular complexity index is 170. The van der Waals surface area contributed by atoms with Crippen LogP contribution < -0.4 is 5.73 Å². The number of hydrogen-bond donors (Lipinski definition) is 2. The van der Waals surface area contributed by atoms with Crippen molar-refractivity contribution in [1.29, 1.82) is 0 Å². The van der Waals surface area contributed by atoms with Crippen molar-refractivity contribution in [1.82, 2.24) is 4.67 Å². The van der Waals surface area contributed by atoms with Crippen LogP contribution in [0.15, 0.2) is 0 Å². The summed E-state index contributed by atoms with van der Waals surface area (Å²) in [6, 6.07) is -0.550. The normalized spacial score (nSPS) is 29.8. The Morgan fingerprint density at radius 1 is 1.89 bits per heavy atom. The van der Waals surface area contributed by atoms with E-state index in [2.05, 4.69) is 0 Å². The molecule has 52 valence electrons. The van der Waals surface area contributed by atoms with Gasteiger partial charge in [-0.15, -0.1) is 0 Å². The molecule has 1 rings (SSSR count). The minimum Gasteiger partial charge on any atom is -0.331 e. The van der Waals surface area contributed by atoms with Crippen molar-refractivity contribution in [3.8, 4) is 0 Å². The molecule has 6 heteroatoms. The van der Waals surface area contributed by atoms with Crippen molar-refractivity contribution in [2.45, 2.75) is 6.04 Å². The Labute approximate surface area is 52.4 Å². The van der Waals surface area contributed by atoms with E-state index in [1.807, 2.05) is 0 Å². The minimum absolute atomic E-state index is 0.215. The third kappa shape index (κ3) is 0.986. The smallest absolute Gasteiger partial charge is 0.284 e. The molecule has 1 amide bonds. The van der Waals surface area contributed by atoms with Crippen LogP contribution in [0.1, 0.15) is 0 Å². The summed E-state index contributed by atoms with van der Waals surface area (Å²) in [4.78, 5) is 18.8. The van der Waals surface area contributed by atoms with Gasteiger partial charge in [-0.2, -0.15) is 0 Å². The van der Waals surface area contributed by atoms with Gasteiger partial charge < -0.3 is 10.6 Å². The molecule has 1 aliphatic heterocycles. The number of carbonyl (C=O) groups is 1. The summed E-state index contributed by atoms with van der Waals surface area (Å²) >= 11 is 0. The molecule has 1 saturated heterocycles. The monoisotopic (exact) mass is 150 g/mol. The Balaban J connectivity index is 2.52. The van der Waals surface area contributed by atoms with Crippen LogP contribution in [0.4, 0.5) is 0 Å². The summed E-state index contributed by atoms with van der Waals surface area (Å²) < 4.78 is 11.0. The second-order valence-electron chi connectivity index (χ2n) is 1.84. The first-order chi connectivity index (χ1) is 4.13. The van der Waals surface area contributed by atoms with Gasteiger partial charge in [-0.25, -0.2) is 0 Å². The molecule has 1 heterocycles. The second-order valence-corrected chi connectivity index (χ2v) is 2.94. The van der Waals surface area contributed by atoms with E-state index in [-0.39, 0.29) is 6.54 Å². The van der Waals surface area contributed by atoms with Crippen LogP contribution >= 0.6 is 8.18 Å². The van der Waals surface area contributed by atoms with Gasteiger partial charge in [0.1, 0.15) is 6.04 Å². The van der Waals surface area contributed by atoms with Crippen molar-refractivity contribution in [3.05, 3.63) is 0 Å². The molecule has 1 unspecified atom stereocenters. The molecule has 0 saturated carbocycles. The molecule has 9 heavy (non-hydrogen) atoms. The van der Waals surface area contributed by atoms with Crippen molar-refractivity contribution < 1.29 is 14.3 Å². The summed E-state index contributed by atoms with van der Waals surface area (Å²) in [5.41, 5.74) is 5.13. The standard InChI is InChI=1S/C3H7N2O3P/c4-2-1-5(3(2)6)9(7)8/h2,9H,1,4H2,(H,7,8)/t2-/m0/s1. The molecule has 0 bridgehead atoms. The van der Waals surface area contributed by atoms with E-state index in [9.17, 15) is 9.36 Å². The van der Waals surface area contributed by atoms with Crippen molar-refractivity contribution >= 4 is 14.1 Å². The van der Waals surface area contributed by atoms with Crippen molar-refractivity contribution in [3.63, 3.8) is 0 Å². The van der Waals surface area contributed by atoms with E-state index < -0.39 is 20.1 Å². The summed E-state index contributed by atoms with van der Waals surface area (Å²) in [7, 11) is -2.80. The highest BCUT2D eigenvalue weighted by Crippen LogP contribution is 2.27. The van der Waals surface area contributed by atoms with Crippen LogP contribution in [0.2, 0.25) is 0 Å². The van der Waals surface area contributed by atoms with Crippen LogP contribution in [0, 0.1) is 0 Å². The molecular weight excluding hydrogens is 143 g/mol. The van der Waals surface area contributed by atoms with Gasteiger partial charge in [0.2, 0.25) is 5.91 Å². The van der Waals surface area contributed by atoms with Crippen LogP contribution in [0.5, 0.6) is 0 Å². The maximum atomic E-state index is 10.5. The molecule has 0 aliphatic carbocycles. The first-order valence-electron chi connectivity index (χ1n) is 2.43. The van der Waals surface area contributed by atoms with Gasteiger partial charge in [-0.3, -0.25) is 14.0 Å². The lowest BCUT2D eigenvalue weighted by molar-refractivity contribution is -0.135. The zero-order chi connectivity index (χ0) is 7.02. The van der Waals surface area contributed by atoms with Gasteiger partial charge >= 0.3 is 0 Å². The Morgan fingerprint density at radius 2 is 2.44 bits per heavy atom. The molecule has 0 spiro atoms. The lowest BCUT2D eigenvalue weighted by Crippen LogP contribution is -2.57. The fourth-order valence-electron chi connectivity index (χ4n) is 0.625. The number of nitrogens with zero attached hydrogens (tertiary/aromatic N) is 1. The van der Waals surface area contributed by atoms with Crippen molar-refractivity contribution in [2.24, 2.45) is 5.73 Å². The summed E-state index contributed by atoms with van der Waals surface area (Å²) in [5, 5.41) is 0. The average Bonchev–Trinajstić information content (AvgIpc) is 1.81. The maximum absolute atomic E-state index is 10.5. The van der Waals surface area contributed by atoms with Crippen LogP contribution in [0.3, 0.4) is 0 Å². The van der Waals surface area contributed by atoms with E-state index in [1.165, 1.54) is 0 Å².